The van der Waals surface area contributed by atoms with Crippen molar-refractivity contribution in [2.45, 2.75) is 29.7 Å². The molecule has 2 heterocycles. The molecule has 0 aliphatic carbocycles. The van der Waals surface area contributed by atoms with Gasteiger partial charge in [0.2, 0.25) is 5.13 Å². The van der Waals surface area contributed by atoms with Crippen LogP contribution < -0.4 is 9.64 Å². The van der Waals surface area contributed by atoms with Crippen LogP contribution in [0.1, 0.15) is 33.9 Å². The van der Waals surface area contributed by atoms with Gasteiger partial charge in [0, 0.05) is 21.4 Å². The summed E-state index contributed by atoms with van der Waals surface area (Å²) < 4.78 is 6.53. The Morgan fingerprint density at radius 2 is 1.67 bits per heavy atom. The molecule has 11 heteroatoms. The van der Waals surface area contributed by atoms with E-state index in [0.29, 0.717) is 43.6 Å². The Balaban J connectivity index is 1.28. The summed E-state index contributed by atoms with van der Waals surface area (Å²) in [6.45, 7) is 2.42. The zero-order chi connectivity index (χ0) is 31.5. The number of carbonyl (C=O) groups is 2. The van der Waals surface area contributed by atoms with Crippen LogP contribution >= 0.6 is 46.3 Å². The molecule has 0 saturated carbocycles. The van der Waals surface area contributed by atoms with E-state index in [9.17, 15) is 14.7 Å². The molecule has 4 aromatic carbocycles. The van der Waals surface area contributed by atoms with Crippen LogP contribution in [0.15, 0.2) is 107 Å². The Kier molecular flexibility index (Phi) is 9.23. The SMILES string of the molecule is Cc1ccccc1COc1ccc(/C(O)=C2\C(=O)C(=O)N(c3nnc(SCc4ccc(Cl)cc4Cl)s3)C2c2ccccc2)cc1. The number of nitrogens with zero attached hydrogens (tertiary/aromatic N) is 3. The van der Waals surface area contributed by atoms with E-state index in [0.717, 1.165) is 16.7 Å². The lowest BCUT2D eigenvalue weighted by Gasteiger charge is -2.22. The fourth-order valence-electron chi connectivity index (χ4n) is 4.91. The number of aromatic nitrogens is 2. The Hall–Kier alpha value is -4.15. The van der Waals surface area contributed by atoms with Gasteiger partial charge < -0.3 is 9.84 Å². The zero-order valence-corrected chi connectivity index (χ0v) is 27.0. The third-order valence-electron chi connectivity index (χ3n) is 7.31. The molecule has 1 aliphatic rings. The number of carbonyl (C=O) groups excluding carboxylic acids is 2. The maximum atomic E-state index is 13.5. The predicted molar refractivity (Wildman–Crippen MR) is 179 cm³/mol. The summed E-state index contributed by atoms with van der Waals surface area (Å²) in [4.78, 5) is 28.3. The maximum absolute atomic E-state index is 13.5. The van der Waals surface area contributed by atoms with Gasteiger partial charge in [-0.05, 0) is 65.6 Å². The molecular weight excluding hydrogens is 649 g/mol. The van der Waals surface area contributed by atoms with Gasteiger partial charge in [-0.3, -0.25) is 14.5 Å². The summed E-state index contributed by atoms with van der Waals surface area (Å²) in [5.74, 6) is -0.771. The first-order chi connectivity index (χ1) is 21.8. The average Bonchev–Trinajstić information content (AvgIpc) is 3.62. The molecule has 45 heavy (non-hydrogen) atoms. The molecule has 226 valence electrons. The summed E-state index contributed by atoms with van der Waals surface area (Å²) in [5.41, 5.74) is 4.07. The van der Waals surface area contributed by atoms with Gasteiger partial charge in [0.1, 0.15) is 18.1 Å². The van der Waals surface area contributed by atoms with Crippen molar-refractivity contribution in [1.82, 2.24) is 10.2 Å². The van der Waals surface area contributed by atoms with Crippen molar-refractivity contribution in [3.8, 4) is 5.75 Å². The first-order valence-corrected chi connectivity index (χ1v) is 16.4. The predicted octanol–water partition coefficient (Wildman–Crippen LogP) is 8.65. The summed E-state index contributed by atoms with van der Waals surface area (Å²) in [6.07, 6.45) is 0. The lowest BCUT2D eigenvalue weighted by molar-refractivity contribution is -0.132. The minimum Gasteiger partial charge on any atom is -0.507 e. The Bertz CT molecular complexity index is 1910. The van der Waals surface area contributed by atoms with Gasteiger partial charge in [-0.1, -0.05) is 107 Å². The highest BCUT2D eigenvalue weighted by Crippen LogP contribution is 2.44. The number of hydrogen-bond donors (Lipinski definition) is 1. The van der Waals surface area contributed by atoms with Crippen LogP contribution in [0.5, 0.6) is 5.75 Å². The van der Waals surface area contributed by atoms with E-state index in [1.54, 1.807) is 48.5 Å². The van der Waals surface area contributed by atoms with Crippen LogP contribution in [0.25, 0.3) is 5.76 Å². The van der Waals surface area contributed by atoms with E-state index in [2.05, 4.69) is 10.2 Å². The molecule has 1 unspecified atom stereocenters. The van der Waals surface area contributed by atoms with Gasteiger partial charge in [-0.25, -0.2) is 0 Å². The third-order valence-corrected chi connectivity index (χ3v) is 10.0. The van der Waals surface area contributed by atoms with Crippen LogP contribution in [0.4, 0.5) is 5.13 Å². The number of aryl methyl sites for hydroxylation is 1. The number of halogens is 2. The topological polar surface area (TPSA) is 92.6 Å². The standard InChI is InChI=1S/C34H25Cl2N3O4S2/c1-20-7-5-6-10-23(20)18-43-26-15-12-22(13-16-26)30(40)28-29(21-8-3-2-4-9-21)39(32(42)31(28)41)33-37-38-34(45-33)44-19-24-11-14-25(35)17-27(24)36/h2-17,29,40H,18-19H2,1H3/b30-28+. The van der Waals surface area contributed by atoms with Crippen molar-refractivity contribution in [2.75, 3.05) is 4.90 Å². The first kappa shape index (κ1) is 30.9. The highest BCUT2D eigenvalue weighted by Gasteiger charge is 2.48. The summed E-state index contributed by atoms with van der Waals surface area (Å²) >= 11 is 14.9. The molecule has 6 rings (SSSR count). The number of ketones is 1. The van der Waals surface area contributed by atoms with Gasteiger partial charge in [0.25, 0.3) is 5.78 Å². The largest absolute Gasteiger partial charge is 0.507 e. The zero-order valence-electron chi connectivity index (χ0n) is 23.8. The molecule has 1 saturated heterocycles. The van der Waals surface area contributed by atoms with Gasteiger partial charge >= 0.3 is 5.91 Å². The molecule has 0 bridgehead atoms. The van der Waals surface area contributed by atoms with Crippen LogP contribution in [-0.2, 0) is 21.9 Å². The van der Waals surface area contributed by atoms with Gasteiger partial charge in [-0.15, -0.1) is 10.2 Å². The normalized spacial score (nSPS) is 15.9. The number of thioether (sulfide) groups is 1. The molecule has 0 radical (unpaired) electrons. The number of benzene rings is 4. The van der Waals surface area contributed by atoms with Gasteiger partial charge in [-0.2, -0.15) is 0 Å². The van der Waals surface area contributed by atoms with Gasteiger partial charge in [0.05, 0.1) is 11.6 Å². The van der Waals surface area contributed by atoms with Crippen molar-refractivity contribution >= 4 is 68.9 Å². The van der Waals surface area contributed by atoms with Crippen LogP contribution in [0.3, 0.4) is 0 Å². The minimum absolute atomic E-state index is 0.0304. The molecule has 5 aromatic rings. The van der Waals surface area contributed by atoms with Crippen molar-refractivity contribution in [3.05, 3.63) is 140 Å². The molecule has 1 aromatic heterocycles. The molecule has 7 nitrogen and oxygen atoms in total. The van der Waals surface area contributed by atoms with E-state index in [-0.39, 0.29) is 16.5 Å². The summed E-state index contributed by atoms with van der Waals surface area (Å²) in [5, 5.41) is 21.3. The lowest BCUT2D eigenvalue weighted by Crippen LogP contribution is -2.29. The Morgan fingerprint density at radius 3 is 2.40 bits per heavy atom. The molecule has 1 aliphatic heterocycles. The quantitative estimate of drug-likeness (QED) is 0.0550. The first-order valence-electron chi connectivity index (χ1n) is 13.8. The molecular formula is C34H25Cl2N3O4S2. The second kappa shape index (κ2) is 13.5. The van der Waals surface area contributed by atoms with Crippen molar-refractivity contribution in [3.63, 3.8) is 0 Å². The number of amides is 1. The average molecular weight is 675 g/mol. The highest BCUT2D eigenvalue weighted by molar-refractivity contribution is 8.00. The number of rotatable bonds is 9. The summed E-state index contributed by atoms with van der Waals surface area (Å²) in [6, 6.07) is 28.2. The van der Waals surface area contributed by atoms with Crippen LogP contribution in [0.2, 0.25) is 10.0 Å². The Labute approximate surface area is 278 Å². The van der Waals surface area contributed by atoms with E-state index in [1.165, 1.54) is 28.0 Å². The van der Waals surface area contributed by atoms with Crippen LogP contribution in [-0.4, -0.2) is 27.0 Å². The van der Waals surface area contributed by atoms with E-state index < -0.39 is 17.7 Å². The third kappa shape index (κ3) is 6.62. The number of Topliss-reactive ketones (excluding diaryl/α,β-unsaturated/α-hetero) is 1. The van der Waals surface area contributed by atoms with E-state index in [1.807, 2.05) is 55.5 Å². The van der Waals surface area contributed by atoms with Crippen molar-refractivity contribution < 1.29 is 19.4 Å². The molecule has 1 fully saturated rings. The monoisotopic (exact) mass is 673 g/mol. The number of ether oxygens (including phenoxy) is 1. The second-order valence-corrected chi connectivity index (χ2v) is 13.2. The van der Waals surface area contributed by atoms with E-state index >= 15 is 0 Å². The number of aliphatic hydroxyl groups excluding tert-OH is 1. The molecule has 1 N–H and O–H groups in total. The molecule has 1 amide bonds. The molecule has 0 spiro atoms. The minimum atomic E-state index is -0.903. The number of hydrogen-bond acceptors (Lipinski definition) is 8. The fourth-order valence-corrected chi connectivity index (χ4v) is 7.34. The molecule has 1 atom stereocenters. The number of anilines is 1. The summed E-state index contributed by atoms with van der Waals surface area (Å²) in [7, 11) is 0. The van der Waals surface area contributed by atoms with E-state index in [4.69, 9.17) is 27.9 Å². The Morgan fingerprint density at radius 1 is 0.933 bits per heavy atom. The van der Waals surface area contributed by atoms with Crippen molar-refractivity contribution in [1.29, 1.82) is 0 Å². The van der Waals surface area contributed by atoms with Crippen molar-refractivity contribution in [2.24, 2.45) is 0 Å². The lowest BCUT2D eigenvalue weighted by atomic mass is 9.95. The fraction of sp³-hybridized carbons (Fsp3) is 0.118. The van der Waals surface area contributed by atoms with Crippen LogP contribution in [0, 0.1) is 6.92 Å². The van der Waals surface area contributed by atoms with Gasteiger partial charge in [0.15, 0.2) is 4.34 Å². The smallest absolute Gasteiger partial charge is 0.301 e. The number of aliphatic hydroxyl groups is 1. The second-order valence-electron chi connectivity index (χ2n) is 10.2. The maximum Gasteiger partial charge on any atom is 0.301 e. The highest BCUT2D eigenvalue weighted by atomic mass is 35.5.